The number of hydrogen-bond donors (Lipinski definition) is 4. The van der Waals surface area contributed by atoms with Gasteiger partial charge in [-0.1, -0.05) is 18.2 Å². The summed E-state index contributed by atoms with van der Waals surface area (Å²) in [6, 6.07) is 17.9. The molecule has 0 aliphatic rings. The van der Waals surface area contributed by atoms with Crippen molar-refractivity contribution in [2.75, 3.05) is 16.4 Å². The second-order valence-electron chi connectivity index (χ2n) is 5.63. The van der Waals surface area contributed by atoms with Gasteiger partial charge in [-0.05, 0) is 36.4 Å². The van der Waals surface area contributed by atoms with E-state index in [-0.39, 0.29) is 11.7 Å². The first-order valence-electron chi connectivity index (χ1n) is 8.10. The molecule has 0 spiro atoms. The molecular weight excluding hydrogens is 344 g/mol. The summed E-state index contributed by atoms with van der Waals surface area (Å²) in [5.74, 6) is 1.76. The highest BCUT2D eigenvalue weighted by Gasteiger charge is 2.11. The molecule has 0 amide bonds. The maximum Gasteiger partial charge on any atom is 0.248 e. The first-order chi connectivity index (χ1) is 13.2. The van der Waals surface area contributed by atoms with Gasteiger partial charge in [-0.2, -0.15) is 9.67 Å². The smallest absolute Gasteiger partial charge is 0.248 e. The molecule has 0 radical (unpaired) electrons. The lowest BCUT2D eigenvalue weighted by Crippen LogP contribution is -2.06. The third-order valence-corrected chi connectivity index (χ3v) is 3.67. The van der Waals surface area contributed by atoms with Crippen LogP contribution in [0.2, 0.25) is 0 Å². The SMILES string of the molecule is Nc1nc(Nc2ccc(O)cc2)nn1-c1cc(Nc2ccccc2)ncn1. The first kappa shape index (κ1) is 16.3. The minimum absolute atomic E-state index is 0.179. The summed E-state index contributed by atoms with van der Waals surface area (Å²) in [7, 11) is 0. The number of nitrogens with two attached hydrogens (primary N) is 1. The monoisotopic (exact) mass is 360 g/mol. The number of aromatic hydroxyl groups is 1. The van der Waals surface area contributed by atoms with Crippen LogP contribution in [0.1, 0.15) is 0 Å². The Kier molecular flexibility index (Phi) is 4.24. The molecule has 27 heavy (non-hydrogen) atoms. The van der Waals surface area contributed by atoms with E-state index >= 15 is 0 Å². The Balaban J connectivity index is 1.57. The molecule has 0 bridgehead atoms. The van der Waals surface area contributed by atoms with Crippen molar-refractivity contribution >= 4 is 29.1 Å². The Morgan fingerprint density at radius 2 is 1.63 bits per heavy atom. The van der Waals surface area contributed by atoms with Crippen LogP contribution >= 0.6 is 0 Å². The number of phenols is 1. The van der Waals surface area contributed by atoms with Crippen LogP contribution in [0.3, 0.4) is 0 Å². The standard InChI is InChI=1S/C18H16N8O/c19-17-24-18(23-13-6-8-14(27)9-7-13)25-26(17)16-10-15(20-11-21-16)22-12-4-2-1-3-5-12/h1-11,27H,(H,20,21,22)(H3,19,23,24,25). The molecule has 0 aliphatic heterocycles. The molecule has 9 nitrogen and oxygen atoms in total. The lowest BCUT2D eigenvalue weighted by molar-refractivity contribution is 0.475. The number of para-hydroxylation sites is 1. The molecule has 2 heterocycles. The summed E-state index contributed by atoms with van der Waals surface area (Å²) in [6.45, 7) is 0. The topological polar surface area (TPSA) is 127 Å². The van der Waals surface area contributed by atoms with Crippen molar-refractivity contribution in [1.82, 2.24) is 24.7 Å². The van der Waals surface area contributed by atoms with E-state index in [4.69, 9.17) is 5.73 Å². The summed E-state index contributed by atoms with van der Waals surface area (Å²) < 4.78 is 1.42. The van der Waals surface area contributed by atoms with Gasteiger partial charge in [-0.15, -0.1) is 5.10 Å². The van der Waals surface area contributed by atoms with Gasteiger partial charge in [0.05, 0.1) is 0 Å². The number of nitrogens with zero attached hydrogens (tertiary/aromatic N) is 5. The van der Waals surface area contributed by atoms with Crippen molar-refractivity contribution in [2.45, 2.75) is 0 Å². The van der Waals surface area contributed by atoms with Crippen molar-refractivity contribution < 1.29 is 5.11 Å². The molecule has 0 unspecified atom stereocenters. The van der Waals surface area contributed by atoms with Crippen molar-refractivity contribution in [3.63, 3.8) is 0 Å². The predicted octanol–water partition coefficient (Wildman–Crippen LogP) is 2.83. The molecule has 0 aliphatic carbocycles. The number of anilines is 5. The van der Waals surface area contributed by atoms with Gasteiger partial charge in [-0.3, -0.25) is 0 Å². The highest BCUT2D eigenvalue weighted by molar-refractivity contribution is 5.58. The van der Waals surface area contributed by atoms with E-state index in [1.54, 1.807) is 30.3 Å². The lowest BCUT2D eigenvalue weighted by Gasteiger charge is -2.07. The zero-order valence-corrected chi connectivity index (χ0v) is 14.1. The lowest BCUT2D eigenvalue weighted by atomic mass is 10.3. The normalized spacial score (nSPS) is 10.5. The van der Waals surface area contributed by atoms with Crippen molar-refractivity contribution in [2.24, 2.45) is 0 Å². The van der Waals surface area contributed by atoms with Crippen LogP contribution in [0.5, 0.6) is 5.75 Å². The summed E-state index contributed by atoms with van der Waals surface area (Å²) >= 11 is 0. The number of aromatic nitrogens is 5. The molecule has 0 saturated heterocycles. The molecule has 2 aromatic heterocycles. The molecular formula is C18H16N8O. The van der Waals surface area contributed by atoms with E-state index in [1.807, 2.05) is 30.3 Å². The van der Waals surface area contributed by atoms with Gasteiger partial charge in [0.25, 0.3) is 0 Å². The van der Waals surface area contributed by atoms with Crippen LogP contribution in [0, 0.1) is 0 Å². The van der Waals surface area contributed by atoms with Crippen molar-refractivity contribution in [3.8, 4) is 11.6 Å². The molecule has 9 heteroatoms. The quantitative estimate of drug-likeness (QED) is 0.400. The van der Waals surface area contributed by atoms with Gasteiger partial charge < -0.3 is 21.5 Å². The molecule has 5 N–H and O–H groups in total. The van der Waals surface area contributed by atoms with Crippen LogP contribution in [0.25, 0.3) is 5.82 Å². The zero-order valence-electron chi connectivity index (χ0n) is 14.1. The molecule has 2 aromatic carbocycles. The van der Waals surface area contributed by atoms with Gasteiger partial charge in [0.15, 0.2) is 5.82 Å². The predicted molar refractivity (Wildman–Crippen MR) is 102 cm³/mol. The van der Waals surface area contributed by atoms with E-state index in [1.165, 1.54) is 11.0 Å². The van der Waals surface area contributed by atoms with Crippen LogP contribution in [0.15, 0.2) is 67.0 Å². The van der Waals surface area contributed by atoms with E-state index < -0.39 is 0 Å². The van der Waals surface area contributed by atoms with E-state index in [9.17, 15) is 5.11 Å². The molecule has 0 saturated carbocycles. The number of benzene rings is 2. The number of hydrogen-bond acceptors (Lipinski definition) is 8. The summed E-state index contributed by atoms with van der Waals surface area (Å²) in [5, 5.41) is 19.9. The summed E-state index contributed by atoms with van der Waals surface area (Å²) in [4.78, 5) is 12.6. The van der Waals surface area contributed by atoms with Crippen LogP contribution < -0.4 is 16.4 Å². The molecule has 0 atom stereocenters. The number of nitrogens with one attached hydrogen (secondary N) is 2. The fourth-order valence-electron chi connectivity index (χ4n) is 2.42. The van der Waals surface area contributed by atoms with Crippen molar-refractivity contribution in [1.29, 1.82) is 0 Å². The minimum Gasteiger partial charge on any atom is -0.508 e. The molecule has 4 rings (SSSR count). The highest BCUT2D eigenvalue weighted by atomic mass is 16.3. The second kappa shape index (κ2) is 7.00. The molecule has 4 aromatic rings. The van der Waals surface area contributed by atoms with E-state index in [0.717, 1.165) is 11.4 Å². The fraction of sp³-hybridized carbons (Fsp3) is 0. The molecule has 134 valence electrons. The summed E-state index contributed by atoms with van der Waals surface area (Å²) in [5.41, 5.74) is 7.61. The Hall–Kier alpha value is -4.14. The highest BCUT2D eigenvalue weighted by Crippen LogP contribution is 2.20. The average molecular weight is 360 g/mol. The maximum absolute atomic E-state index is 9.35. The Bertz CT molecular complexity index is 1050. The number of nitrogen functional groups attached to an aromatic ring is 1. The van der Waals surface area contributed by atoms with Crippen LogP contribution in [-0.2, 0) is 0 Å². The third kappa shape index (κ3) is 3.76. The van der Waals surface area contributed by atoms with Crippen LogP contribution in [-0.4, -0.2) is 29.8 Å². The Labute approximate surface area is 154 Å². The van der Waals surface area contributed by atoms with Gasteiger partial charge in [0.2, 0.25) is 11.9 Å². The number of phenolic OH excluding ortho intramolecular Hbond substituents is 1. The van der Waals surface area contributed by atoms with E-state index in [2.05, 4.69) is 30.7 Å². The second-order valence-corrected chi connectivity index (χ2v) is 5.63. The van der Waals surface area contributed by atoms with Gasteiger partial charge >= 0.3 is 0 Å². The van der Waals surface area contributed by atoms with Crippen molar-refractivity contribution in [3.05, 3.63) is 67.0 Å². The van der Waals surface area contributed by atoms with Gasteiger partial charge in [0.1, 0.15) is 17.9 Å². The third-order valence-electron chi connectivity index (χ3n) is 3.67. The first-order valence-corrected chi connectivity index (χ1v) is 8.10. The largest absolute Gasteiger partial charge is 0.508 e. The Morgan fingerprint density at radius 1 is 0.889 bits per heavy atom. The minimum atomic E-state index is 0.179. The van der Waals surface area contributed by atoms with E-state index in [0.29, 0.717) is 17.6 Å². The van der Waals surface area contributed by atoms with Gasteiger partial charge in [0, 0.05) is 17.4 Å². The Morgan fingerprint density at radius 3 is 2.41 bits per heavy atom. The fourth-order valence-corrected chi connectivity index (χ4v) is 2.42. The average Bonchev–Trinajstić information content (AvgIpc) is 3.05. The summed E-state index contributed by atoms with van der Waals surface area (Å²) in [6.07, 6.45) is 1.43. The maximum atomic E-state index is 9.35. The van der Waals surface area contributed by atoms with Gasteiger partial charge in [-0.25, -0.2) is 9.97 Å². The zero-order chi connectivity index (χ0) is 18.6. The number of rotatable bonds is 5. The van der Waals surface area contributed by atoms with Crippen LogP contribution in [0.4, 0.5) is 29.1 Å². The molecule has 0 fully saturated rings.